The number of aryl methyl sites for hydroxylation is 3. The third kappa shape index (κ3) is 23.7. The number of carbonyl (C=O) groups excluding carboxylic acids is 1. The van der Waals surface area contributed by atoms with Crippen molar-refractivity contribution in [3.05, 3.63) is 210 Å². The van der Waals surface area contributed by atoms with Gasteiger partial charge in [-0.1, -0.05) is 134 Å². The molecule has 9 heterocycles. The molecule has 0 spiro atoms. The number of anilines is 1. The zero-order chi connectivity index (χ0) is 81.1. The minimum absolute atomic E-state index is 0. The minimum atomic E-state index is -5.63. The van der Waals surface area contributed by atoms with Crippen molar-refractivity contribution in [3.8, 4) is 17.2 Å². The van der Waals surface area contributed by atoms with E-state index in [1.54, 1.807) is 12.1 Å². The van der Waals surface area contributed by atoms with Gasteiger partial charge in [0.2, 0.25) is 0 Å². The molecule has 9 aliphatic heterocycles. The number of hydrogen-bond donors (Lipinski definition) is 2. The molecule has 3 aliphatic carbocycles. The SMILES string of the molecule is C.C.C.C.C.Cc1cc(N)c(OC2CC2)cc1C1CC2COCC(C1)N2.Cc1cc([N+](=O)[O-])c(OC2CC2)cc1B1OC(C)(C)C(C)(C)O1.Cc1cc([N+](=O)[O-])c(OC2CC2)cc1C1=CC2COCC(C1)N2Cc1ccccc1.O=C1CC2COCC(C1)N2Cc1ccccc1.O=S(=O)(OC1=CC2COCC(C1)N2Cc1ccccc1)C(F)(F)F. The first-order chi connectivity index (χ1) is 55.0. The van der Waals surface area contributed by atoms with E-state index in [1.807, 2.05) is 90.1 Å². The maximum absolute atomic E-state index is 12.5. The van der Waals surface area contributed by atoms with Gasteiger partial charge in [-0.15, -0.1) is 0 Å². The number of nitro groups is 2. The molecule has 7 saturated heterocycles. The molecule has 120 heavy (non-hydrogen) atoms. The van der Waals surface area contributed by atoms with Crippen molar-refractivity contribution in [3.63, 3.8) is 0 Å². The van der Waals surface area contributed by atoms with Crippen molar-refractivity contribution in [2.75, 3.05) is 58.6 Å². The highest BCUT2D eigenvalue weighted by molar-refractivity contribution is 7.87. The standard InChI is InChI=1S/C24H26N2O4.C17H24N2O2.C16H22BNO5.C15H16F3NO4S.C14H17NO2.5CH4/c1-16-9-23(26(27)28)24(30-21-7-8-21)12-22(16)18-10-19-14-29-15-20(11-18)25(19)13-17-5-3-2-4-6-17;1-10-4-16(18)17(21-14-2-3-14)7-15(10)11-5-12-8-20-9-13(6-11)19-12;1-10-8-13(18(19)20)14(21-11-6-7-11)9-12(10)17-22-15(2,3)16(4,5)23-17;16-15(17,18)24(20,21)23-14-6-12-9-22-10-13(7-14)19(12)8-11-4-2-1-3-5-11;16-14-6-12-9-17-10-13(7-14)15(12)8-11-4-2-1-3-5-11;;;;;/h2-6,9-10,12,19-21H,7-8,11,13-15H2,1H3;4,7,11-14,19H,2-3,5-6,8-9,18H2,1H3;8-9,11H,6-7H2,1-5H3;1-6,12-13H,7-10H2;1-5,12-13H,6-10H2;5*1H4. The van der Waals surface area contributed by atoms with Crippen LogP contribution in [0.25, 0.3) is 5.57 Å². The number of morpholine rings is 4. The lowest BCUT2D eigenvalue weighted by Crippen LogP contribution is -2.56. The van der Waals surface area contributed by atoms with Crippen molar-refractivity contribution < 1.29 is 82.9 Å². The number of nitrogens with two attached hydrogens (primary N) is 1. The number of benzene rings is 6. The molecule has 0 radical (unpaired) electrons. The summed E-state index contributed by atoms with van der Waals surface area (Å²) in [7, 11) is -6.19. The average Bonchev–Trinajstić information content (AvgIpc) is 1.46. The van der Waals surface area contributed by atoms with Crippen LogP contribution in [-0.2, 0) is 67.0 Å². The van der Waals surface area contributed by atoms with Gasteiger partial charge in [0.25, 0.3) is 0 Å². The monoisotopic (exact) mass is 1690 g/mol. The maximum Gasteiger partial charge on any atom is 0.534 e. The van der Waals surface area contributed by atoms with Gasteiger partial charge in [-0.2, -0.15) is 21.6 Å². The quantitative estimate of drug-likeness (QED) is 0.0190. The number of fused-ring (bicyclic) bond motifs is 8. The van der Waals surface area contributed by atoms with E-state index >= 15 is 0 Å². The zero-order valence-electron chi connectivity index (χ0n) is 66.3. The van der Waals surface area contributed by atoms with Gasteiger partial charge in [-0.05, 0) is 198 Å². The number of nitrogen functional groups attached to an aromatic ring is 1. The van der Waals surface area contributed by atoms with E-state index in [4.69, 9.17) is 48.2 Å². The second kappa shape index (κ2) is 40.8. The number of Topliss-reactive ketones (excluding diaryl/α,β-unsaturated/α-hetero) is 1. The lowest BCUT2D eigenvalue weighted by Gasteiger charge is -2.45. The number of hydrogen-bond acceptors (Lipinski definition) is 22. The molecular weight excluding hydrogens is 1560 g/mol. The van der Waals surface area contributed by atoms with Gasteiger partial charge >= 0.3 is 34.1 Å². The van der Waals surface area contributed by atoms with E-state index in [9.17, 15) is 46.6 Å². The normalized spacial score (nSPS) is 25.0. The number of nitrogens with zero attached hydrogens (tertiary/aromatic N) is 5. The van der Waals surface area contributed by atoms with Crippen LogP contribution in [0.3, 0.4) is 0 Å². The van der Waals surface area contributed by atoms with Gasteiger partial charge in [-0.3, -0.25) is 39.7 Å². The van der Waals surface area contributed by atoms with Crippen molar-refractivity contribution in [1.29, 1.82) is 0 Å². The molecule has 12 aliphatic rings. The Kier molecular flexibility index (Phi) is 32.5. The molecule has 18 rings (SSSR count). The summed E-state index contributed by atoms with van der Waals surface area (Å²) in [6.45, 7) is 21.4. The summed E-state index contributed by atoms with van der Waals surface area (Å²) in [6, 6.07) is 43.2. The first-order valence-corrected chi connectivity index (χ1v) is 41.6. The first-order valence-electron chi connectivity index (χ1n) is 40.2. The lowest BCUT2D eigenvalue weighted by atomic mass is 9.76. The Bertz CT molecular complexity index is 4590. The molecule has 29 heteroatoms. The fourth-order valence-corrected chi connectivity index (χ4v) is 17.0. The number of ketones is 1. The Morgan fingerprint density at radius 1 is 0.533 bits per heavy atom. The fraction of sp³-hybridized carbons (Fsp3) is 0.549. The summed E-state index contributed by atoms with van der Waals surface area (Å²) in [6.07, 6.45) is 15.0. The summed E-state index contributed by atoms with van der Waals surface area (Å²) in [5.41, 5.74) is 11.8. The number of halogens is 3. The molecule has 6 aromatic carbocycles. The number of carbonyl (C=O) groups is 1. The van der Waals surface area contributed by atoms with Crippen molar-refractivity contribution >= 4 is 51.1 Å². The van der Waals surface area contributed by atoms with E-state index < -0.39 is 38.9 Å². The highest BCUT2D eigenvalue weighted by atomic mass is 32.2. The third-order valence-electron chi connectivity index (χ3n) is 23.7. The van der Waals surface area contributed by atoms with Crippen molar-refractivity contribution in [2.45, 2.75) is 272 Å². The van der Waals surface area contributed by atoms with E-state index in [-0.39, 0.29) is 115 Å². The highest BCUT2D eigenvalue weighted by Crippen LogP contribution is 2.45. The largest absolute Gasteiger partial charge is 0.534 e. The zero-order valence-corrected chi connectivity index (χ0v) is 67.2. The van der Waals surface area contributed by atoms with Crippen LogP contribution in [0.2, 0.25) is 0 Å². The van der Waals surface area contributed by atoms with Crippen LogP contribution < -0.4 is 30.7 Å². The summed E-state index contributed by atoms with van der Waals surface area (Å²) in [4.78, 5) is 40.7. The third-order valence-corrected chi connectivity index (χ3v) is 24.7. The van der Waals surface area contributed by atoms with Gasteiger partial charge in [0.15, 0.2) is 11.5 Å². The van der Waals surface area contributed by atoms with Crippen molar-refractivity contribution in [2.24, 2.45) is 0 Å². The molecule has 24 nitrogen and oxygen atoms in total. The number of nitro benzene ring substituents is 2. The Morgan fingerprint density at radius 2 is 0.950 bits per heavy atom. The predicted molar refractivity (Wildman–Crippen MR) is 462 cm³/mol. The van der Waals surface area contributed by atoms with Gasteiger partial charge in [0, 0.05) is 87.3 Å². The Hall–Kier alpha value is -8.33. The minimum Gasteiger partial charge on any atom is -0.488 e. The van der Waals surface area contributed by atoms with Gasteiger partial charge in [0.05, 0.1) is 110 Å². The molecule has 8 bridgehead atoms. The van der Waals surface area contributed by atoms with E-state index in [0.29, 0.717) is 99.9 Å². The Labute approximate surface area is 707 Å². The fourth-order valence-electron chi connectivity index (χ4n) is 16.5. The average molecular weight is 1690 g/mol. The lowest BCUT2D eigenvalue weighted by molar-refractivity contribution is -0.386. The summed E-state index contributed by atoms with van der Waals surface area (Å²) >= 11 is 0. The van der Waals surface area contributed by atoms with Crippen LogP contribution in [0, 0.1) is 41.0 Å². The second-order valence-corrected chi connectivity index (χ2v) is 34.9. The molecular formula is C91H125BF3N7O17S. The van der Waals surface area contributed by atoms with Crippen LogP contribution in [0.4, 0.5) is 30.2 Å². The molecule has 8 unspecified atom stereocenters. The number of rotatable bonds is 19. The van der Waals surface area contributed by atoms with Gasteiger partial charge < -0.3 is 57.7 Å². The molecule has 8 atom stereocenters. The van der Waals surface area contributed by atoms with Gasteiger partial charge in [-0.25, -0.2) is 0 Å². The van der Waals surface area contributed by atoms with Gasteiger partial charge in [0.1, 0.15) is 17.3 Å². The predicted octanol–water partition coefficient (Wildman–Crippen LogP) is 16.8. The molecule has 10 fully saturated rings. The van der Waals surface area contributed by atoms with Crippen LogP contribution >= 0.6 is 0 Å². The summed E-state index contributed by atoms with van der Waals surface area (Å²) in [5, 5.41) is 26.5. The topological polar surface area (TPSA) is 278 Å². The van der Waals surface area contributed by atoms with Crippen LogP contribution in [0.5, 0.6) is 17.2 Å². The van der Waals surface area contributed by atoms with Crippen LogP contribution in [-0.4, -0.2) is 182 Å². The number of piperidine rings is 2. The van der Waals surface area contributed by atoms with Crippen molar-refractivity contribution in [1.82, 2.24) is 20.0 Å². The second-order valence-electron chi connectivity index (χ2n) is 33.4. The molecule has 0 amide bonds. The first kappa shape index (κ1) is 95.5. The Morgan fingerprint density at radius 3 is 1.40 bits per heavy atom. The number of ether oxygens (including phenoxy) is 7. The van der Waals surface area contributed by atoms with Crippen LogP contribution in [0.1, 0.15) is 192 Å². The van der Waals surface area contributed by atoms with E-state index in [0.717, 1.165) is 123 Å². The molecule has 3 N–H and O–H groups in total. The molecule has 6 aromatic rings. The number of alkyl halides is 3. The summed E-state index contributed by atoms with van der Waals surface area (Å²) < 4.78 is 116. The van der Waals surface area contributed by atoms with E-state index in [1.165, 1.54) is 40.0 Å². The maximum atomic E-state index is 12.5. The van der Waals surface area contributed by atoms with Crippen LogP contribution in [0.15, 0.2) is 145 Å². The number of nitrogens with one attached hydrogen (secondary N) is 1. The Balaban J connectivity index is 0.000000171. The van der Waals surface area contributed by atoms with E-state index in [2.05, 4.69) is 97.9 Å². The highest BCUT2D eigenvalue weighted by Gasteiger charge is 2.53. The summed E-state index contributed by atoms with van der Waals surface area (Å²) in [5.74, 6) is 2.40. The molecule has 3 saturated carbocycles. The molecule has 0 aromatic heterocycles. The molecule has 656 valence electrons. The smallest absolute Gasteiger partial charge is 0.488 e.